The molecule has 0 spiro atoms. The van der Waals surface area contributed by atoms with Crippen molar-refractivity contribution < 1.29 is 4.79 Å². The number of benzene rings is 2. The van der Waals surface area contributed by atoms with Crippen LogP contribution < -0.4 is 5.32 Å². The summed E-state index contributed by atoms with van der Waals surface area (Å²) in [5.41, 5.74) is 2.96. The first-order chi connectivity index (χ1) is 9.84. The quantitative estimate of drug-likeness (QED) is 0.790. The SMILES string of the molecule is O=C(NCc1ccccc1)c1cccc2nccnc12. The van der Waals surface area contributed by atoms with Crippen LogP contribution >= 0.6 is 0 Å². The molecule has 4 nitrogen and oxygen atoms in total. The van der Waals surface area contributed by atoms with E-state index in [1.807, 2.05) is 42.5 Å². The zero-order chi connectivity index (χ0) is 13.8. The van der Waals surface area contributed by atoms with E-state index in [0.29, 0.717) is 17.6 Å². The lowest BCUT2D eigenvalue weighted by Crippen LogP contribution is -2.23. The summed E-state index contributed by atoms with van der Waals surface area (Å²) in [5.74, 6) is -0.139. The molecule has 0 aliphatic carbocycles. The van der Waals surface area contributed by atoms with Crippen molar-refractivity contribution >= 4 is 16.9 Å². The van der Waals surface area contributed by atoms with Gasteiger partial charge in [-0.3, -0.25) is 14.8 Å². The summed E-state index contributed by atoms with van der Waals surface area (Å²) in [6, 6.07) is 15.2. The molecular weight excluding hydrogens is 250 g/mol. The first kappa shape index (κ1) is 12.3. The largest absolute Gasteiger partial charge is 0.348 e. The Morgan fingerprint density at radius 2 is 1.75 bits per heavy atom. The number of hydrogen-bond acceptors (Lipinski definition) is 3. The molecule has 0 saturated carbocycles. The predicted octanol–water partition coefficient (Wildman–Crippen LogP) is 2.56. The summed E-state index contributed by atoms with van der Waals surface area (Å²) in [7, 11) is 0. The number of hydrogen-bond donors (Lipinski definition) is 1. The third kappa shape index (κ3) is 2.49. The Hall–Kier alpha value is -2.75. The molecule has 20 heavy (non-hydrogen) atoms. The van der Waals surface area contributed by atoms with Crippen molar-refractivity contribution in [2.24, 2.45) is 0 Å². The van der Waals surface area contributed by atoms with Crippen molar-refractivity contribution in [1.82, 2.24) is 15.3 Å². The van der Waals surface area contributed by atoms with E-state index in [9.17, 15) is 4.79 Å². The van der Waals surface area contributed by atoms with Crippen molar-refractivity contribution in [2.45, 2.75) is 6.54 Å². The maximum atomic E-state index is 12.3. The molecule has 1 amide bonds. The summed E-state index contributed by atoms with van der Waals surface area (Å²) < 4.78 is 0. The Morgan fingerprint density at radius 1 is 0.950 bits per heavy atom. The minimum absolute atomic E-state index is 0.139. The van der Waals surface area contributed by atoms with Gasteiger partial charge < -0.3 is 5.32 Å². The number of para-hydroxylation sites is 1. The normalized spacial score (nSPS) is 10.4. The number of nitrogens with one attached hydrogen (secondary N) is 1. The lowest BCUT2D eigenvalue weighted by Gasteiger charge is -2.07. The number of carbonyl (C=O) groups is 1. The van der Waals surface area contributed by atoms with Crippen LogP contribution in [0.5, 0.6) is 0 Å². The van der Waals surface area contributed by atoms with E-state index in [-0.39, 0.29) is 5.91 Å². The molecule has 3 aromatic rings. The molecule has 0 bridgehead atoms. The van der Waals surface area contributed by atoms with E-state index in [1.54, 1.807) is 18.5 Å². The molecule has 0 radical (unpaired) electrons. The molecule has 2 aromatic carbocycles. The molecule has 0 saturated heterocycles. The summed E-state index contributed by atoms with van der Waals surface area (Å²) >= 11 is 0. The van der Waals surface area contributed by atoms with Crippen molar-refractivity contribution in [3.63, 3.8) is 0 Å². The van der Waals surface area contributed by atoms with E-state index < -0.39 is 0 Å². The second-order valence-electron chi connectivity index (χ2n) is 4.40. The third-order valence-corrected chi connectivity index (χ3v) is 3.04. The standard InChI is InChI=1S/C16H13N3O/c20-16(19-11-12-5-2-1-3-6-12)13-7-4-8-14-15(13)18-10-9-17-14/h1-10H,11H2,(H,19,20). The van der Waals surface area contributed by atoms with E-state index in [1.165, 1.54) is 0 Å². The Labute approximate surface area is 116 Å². The topological polar surface area (TPSA) is 54.9 Å². The van der Waals surface area contributed by atoms with Crippen molar-refractivity contribution in [3.05, 3.63) is 72.1 Å². The van der Waals surface area contributed by atoms with Gasteiger partial charge in [0.05, 0.1) is 11.1 Å². The summed E-state index contributed by atoms with van der Waals surface area (Å²) in [5, 5.41) is 2.90. The molecule has 0 aliphatic rings. The molecule has 0 fully saturated rings. The zero-order valence-electron chi connectivity index (χ0n) is 10.8. The molecule has 98 valence electrons. The van der Waals surface area contributed by atoms with Crippen LogP contribution in [-0.4, -0.2) is 15.9 Å². The first-order valence-corrected chi connectivity index (χ1v) is 6.36. The lowest BCUT2D eigenvalue weighted by atomic mass is 10.1. The van der Waals surface area contributed by atoms with Crippen LogP contribution in [0.3, 0.4) is 0 Å². The highest BCUT2D eigenvalue weighted by Gasteiger charge is 2.10. The van der Waals surface area contributed by atoms with Crippen LogP contribution in [0.1, 0.15) is 15.9 Å². The molecule has 0 atom stereocenters. The van der Waals surface area contributed by atoms with Gasteiger partial charge in [-0.1, -0.05) is 36.4 Å². The van der Waals surface area contributed by atoms with Gasteiger partial charge in [0.2, 0.25) is 0 Å². The minimum Gasteiger partial charge on any atom is -0.348 e. The van der Waals surface area contributed by atoms with E-state index in [2.05, 4.69) is 15.3 Å². The van der Waals surface area contributed by atoms with Gasteiger partial charge in [-0.05, 0) is 17.7 Å². The highest BCUT2D eigenvalue weighted by Crippen LogP contribution is 2.13. The average molecular weight is 263 g/mol. The predicted molar refractivity (Wildman–Crippen MR) is 77.2 cm³/mol. The molecule has 0 unspecified atom stereocenters. The van der Waals surface area contributed by atoms with Crippen molar-refractivity contribution in [1.29, 1.82) is 0 Å². The molecule has 1 heterocycles. The smallest absolute Gasteiger partial charge is 0.253 e. The Morgan fingerprint density at radius 3 is 2.60 bits per heavy atom. The Kier molecular flexibility index (Phi) is 3.37. The van der Waals surface area contributed by atoms with Crippen LogP contribution in [0.4, 0.5) is 0 Å². The second-order valence-corrected chi connectivity index (χ2v) is 4.40. The van der Waals surface area contributed by atoms with Crippen LogP contribution in [-0.2, 0) is 6.54 Å². The highest BCUT2D eigenvalue weighted by molar-refractivity contribution is 6.04. The molecule has 1 N–H and O–H groups in total. The van der Waals surface area contributed by atoms with E-state index in [4.69, 9.17) is 0 Å². The maximum absolute atomic E-state index is 12.3. The van der Waals surface area contributed by atoms with Gasteiger partial charge in [0, 0.05) is 18.9 Å². The summed E-state index contributed by atoms with van der Waals surface area (Å²) in [6.45, 7) is 0.496. The molecule has 4 heteroatoms. The van der Waals surface area contributed by atoms with Gasteiger partial charge >= 0.3 is 0 Å². The highest BCUT2D eigenvalue weighted by atomic mass is 16.1. The van der Waals surface area contributed by atoms with Crippen molar-refractivity contribution in [2.75, 3.05) is 0 Å². The number of fused-ring (bicyclic) bond motifs is 1. The van der Waals surface area contributed by atoms with Gasteiger partial charge in [-0.25, -0.2) is 0 Å². The van der Waals surface area contributed by atoms with Crippen molar-refractivity contribution in [3.8, 4) is 0 Å². The van der Waals surface area contributed by atoms with Gasteiger partial charge in [0.1, 0.15) is 5.52 Å². The fourth-order valence-electron chi connectivity index (χ4n) is 2.05. The van der Waals surface area contributed by atoms with E-state index in [0.717, 1.165) is 11.1 Å². The maximum Gasteiger partial charge on any atom is 0.253 e. The Bertz CT molecular complexity index is 736. The number of rotatable bonds is 3. The number of aromatic nitrogens is 2. The van der Waals surface area contributed by atoms with Crippen LogP contribution in [0.15, 0.2) is 60.9 Å². The van der Waals surface area contributed by atoms with Crippen LogP contribution in [0.25, 0.3) is 11.0 Å². The zero-order valence-corrected chi connectivity index (χ0v) is 10.8. The number of carbonyl (C=O) groups excluding carboxylic acids is 1. The number of amides is 1. The lowest BCUT2D eigenvalue weighted by molar-refractivity contribution is 0.0952. The molecular formula is C16H13N3O. The second kappa shape index (κ2) is 5.48. The summed E-state index contributed by atoms with van der Waals surface area (Å²) in [4.78, 5) is 20.7. The molecule has 0 aliphatic heterocycles. The third-order valence-electron chi connectivity index (χ3n) is 3.04. The van der Waals surface area contributed by atoms with Crippen LogP contribution in [0.2, 0.25) is 0 Å². The van der Waals surface area contributed by atoms with Gasteiger partial charge in [0.25, 0.3) is 5.91 Å². The fraction of sp³-hybridized carbons (Fsp3) is 0.0625. The monoisotopic (exact) mass is 263 g/mol. The number of nitrogens with zero attached hydrogens (tertiary/aromatic N) is 2. The van der Waals surface area contributed by atoms with Gasteiger partial charge in [-0.15, -0.1) is 0 Å². The minimum atomic E-state index is -0.139. The van der Waals surface area contributed by atoms with Gasteiger partial charge in [-0.2, -0.15) is 0 Å². The molecule has 3 rings (SSSR count). The van der Waals surface area contributed by atoms with Crippen LogP contribution in [0, 0.1) is 0 Å². The molecule has 1 aromatic heterocycles. The summed E-state index contributed by atoms with van der Waals surface area (Å²) in [6.07, 6.45) is 3.21. The first-order valence-electron chi connectivity index (χ1n) is 6.36. The Balaban J connectivity index is 1.82. The van der Waals surface area contributed by atoms with Gasteiger partial charge in [0.15, 0.2) is 0 Å². The van der Waals surface area contributed by atoms with E-state index >= 15 is 0 Å². The fourth-order valence-corrected chi connectivity index (χ4v) is 2.05. The average Bonchev–Trinajstić information content (AvgIpc) is 2.53.